The lowest BCUT2D eigenvalue weighted by atomic mass is 10.1. The van der Waals surface area contributed by atoms with Crippen LogP contribution in [-0.4, -0.2) is 48.6 Å². The number of aliphatic carboxylic acids is 1. The Morgan fingerprint density at radius 1 is 1.27 bits per heavy atom. The Kier molecular flexibility index (Phi) is 7.84. The first-order valence-corrected chi connectivity index (χ1v) is 9.22. The lowest BCUT2D eigenvalue weighted by Crippen LogP contribution is -2.13. The molecule has 3 rings (SSSR count). The Balaban J connectivity index is 0.000000575. The van der Waals surface area contributed by atoms with Gasteiger partial charge in [-0.25, -0.2) is 9.67 Å². The van der Waals surface area contributed by atoms with Crippen LogP contribution in [0.4, 0.5) is 0 Å². The molecule has 0 saturated heterocycles. The number of nitrogens with zero attached hydrogens (tertiary/aromatic N) is 4. The lowest BCUT2D eigenvalue weighted by molar-refractivity contribution is -0.135. The minimum absolute atomic E-state index is 0.00460. The SMILES string of the molecule is CCC(c1ccc(Cl)cc1)n1cc(-c2cnc(C(N)=O)c(O)c2)nn1.NCC(=O)O. The zero-order valence-corrected chi connectivity index (χ0v) is 16.8. The van der Waals surface area contributed by atoms with E-state index in [0.717, 1.165) is 12.0 Å². The predicted molar refractivity (Wildman–Crippen MR) is 110 cm³/mol. The Morgan fingerprint density at radius 3 is 2.40 bits per heavy atom. The van der Waals surface area contributed by atoms with Crippen molar-refractivity contribution in [3.05, 3.63) is 59.0 Å². The molecular weight excluding hydrogens is 412 g/mol. The molecule has 0 bridgehead atoms. The zero-order valence-electron chi connectivity index (χ0n) is 16.1. The van der Waals surface area contributed by atoms with Crippen LogP contribution in [0.25, 0.3) is 11.3 Å². The van der Waals surface area contributed by atoms with Gasteiger partial charge in [-0.3, -0.25) is 9.59 Å². The fraction of sp³-hybridized carbons (Fsp3) is 0.211. The molecule has 1 amide bonds. The van der Waals surface area contributed by atoms with Gasteiger partial charge in [0.1, 0.15) is 11.4 Å². The molecule has 3 aromatic rings. The second kappa shape index (κ2) is 10.3. The number of aromatic nitrogens is 4. The number of hydrogen-bond acceptors (Lipinski definition) is 7. The summed E-state index contributed by atoms with van der Waals surface area (Å²) in [6.07, 6.45) is 4.01. The average Bonchev–Trinajstić information content (AvgIpc) is 3.20. The van der Waals surface area contributed by atoms with Crippen molar-refractivity contribution in [1.82, 2.24) is 20.0 Å². The fourth-order valence-corrected chi connectivity index (χ4v) is 2.73. The standard InChI is InChI=1S/C17H16ClN5O2.C2H5NO2/c1-2-14(10-3-5-12(18)6-4-10)23-9-13(21-22-23)11-7-15(24)16(17(19)25)20-8-11;3-1-2(4)5/h3-9,14,24H,2H2,1H3,(H2,19,25);1,3H2,(H,4,5). The molecule has 11 heteroatoms. The number of rotatable bonds is 6. The Morgan fingerprint density at radius 2 is 1.90 bits per heavy atom. The molecule has 1 aromatic carbocycles. The van der Waals surface area contributed by atoms with Crippen molar-refractivity contribution in [2.24, 2.45) is 11.5 Å². The van der Waals surface area contributed by atoms with Crippen LogP contribution in [0.2, 0.25) is 5.02 Å². The third-order valence-corrected chi connectivity index (χ3v) is 4.29. The molecule has 10 nitrogen and oxygen atoms in total. The first kappa shape index (κ1) is 22.8. The maximum absolute atomic E-state index is 11.1. The summed E-state index contributed by atoms with van der Waals surface area (Å²) in [5.74, 6) is -2.05. The third kappa shape index (κ3) is 5.75. The highest BCUT2D eigenvalue weighted by molar-refractivity contribution is 6.30. The Hall–Kier alpha value is -3.50. The van der Waals surface area contributed by atoms with Crippen molar-refractivity contribution < 1.29 is 19.8 Å². The number of carbonyl (C=O) groups is 2. The maximum Gasteiger partial charge on any atom is 0.317 e. The number of halogens is 1. The van der Waals surface area contributed by atoms with Gasteiger partial charge < -0.3 is 21.7 Å². The van der Waals surface area contributed by atoms with Crippen molar-refractivity contribution in [1.29, 1.82) is 0 Å². The molecule has 2 aromatic heterocycles. The summed E-state index contributed by atoms with van der Waals surface area (Å²) in [7, 11) is 0. The van der Waals surface area contributed by atoms with Gasteiger partial charge in [0, 0.05) is 16.8 Å². The van der Waals surface area contributed by atoms with E-state index < -0.39 is 11.9 Å². The molecule has 1 unspecified atom stereocenters. The first-order valence-electron chi connectivity index (χ1n) is 8.85. The number of carboxylic acids is 1. The largest absolute Gasteiger partial charge is 0.505 e. The van der Waals surface area contributed by atoms with Gasteiger partial charge in [0.15, 0.2) is 5.69 Å². The van der Waals surface area contributed by atoms with Crippen molar-refractivity contribution in [2.75, 3.05) is 6.54 Å². The zero-order chi connectivity index (χ0) is 22.3. The summed E-state index contributed by atoms with van der Waals surface area (Å²) in [5, 5.41) is 26.4. The number of benzene rings is 1. The lowest BCUT2D eigenvalue weighted by Gasteiger charge is -2.15. The fourth-order valence-electron chi connectivity index (χ4n) is 2.60. The monoisotopic (exact) mass is 432 g/mol. The number of pyridine rings is 1. The van der Waals surface area contributed by atoms with E-state index >= 15 is 0 Å². The summed E-state index contributed by atoms with van der Waals surface area (Å²) in [5.41, 5.74) is 11.7. The van der Waals surface area contributed by atoms with Gasteiger partial charge >= 0.3 is 5.97 Å². The van der Waals surface area contributed by atoms with Gasteiger partial charge in [0.25, 0.3) is 5.91 Å². The van der Waals surface area contributed by atoms with E-state index in [-0.39, 0.29) is 24.0 Å². The molecule has 2 heterocycles. The molecule has 0 spiro atoms. The van der Waals surface area contributed by atoms with Crippen molar-refractivity contribution >= 4 is 23.5 Å². The van der Waals surface area contributed by atoms with Gasteiger partial charge in [-0.1, -0.05) is 35.9 Å². The molecule has 0 aliphatic carbocycles. The molecule has 0 radical (unpaired) electrons. The molecule has 0 aliphatic rings. The van der Waals surface area contributed by atoms with E-state index in [1.807, 2.05) is 24.3 Å². The second-order valence-corrected chi connectivity index (χ2v) is 6.55. The Labute approximate surface area is 177 Å². The van der Waals surface area contributed by atoms with Crippen LogP contribution in [0.5, 0.6) is 5.75 Å². The average molecular weight is 433 g/mol. The molecule has 0 saturated carbocycles. The quantitative estimate of drug-likeness (QED) is 0.456. The summed E-state index contributed by atoms with van der Waals surface area (Å²) < 4.78 is 1.75. The van der Waals surface area contributed by atoms with Gasteiger partial charge in [0.2, 0.25) is 0 Å². The molecule has 6 N–H and O–H groups in total. The molecule has 30 heavy (non-hydrogen) atoms. The van der Waals surface area contributed by atoms with Crippen LogP contribution in [0.15, 0.2) is 42.7 Å². The van der Waals surface area contributed by atoms with E-state index in [9.17, 15) is 14.7 Å². The number of carbonyl (C=O) groups excluding carboxylic acids is 1. The highest BCUT2D eigenvalue weighted by atomic mass is 35.5. The Bertz CT molecular complexity index is 1020. The normalized spacial score (nSPS) is 11.3. The van der Waals surface area contributed by atoms with Crippen molar-refractivity contribution in [3.8, 4) is 17.0 Å². The van der Waals surface area contributed by atoms with Crippen LogP contribution in [0.1, 0.15) is 35.4 Å². The third-order valence-electron chi connectivity index (χ3n) is 4.04. The van der Waals surface area contributed by atoms with E-state index in [0.29, 0.717) is 16.3 Å². The van der Waals surface area contributed by atoms with E-state index in [2.05, 4.69) is 28.0 Å². The number of carboxylic acid groups (broad SMARTS) is 1. The van der Waals surface area contributed by atoms with E-state index in [1.165, 1.54) is 12.3 Å². The number of primary amides is 1. The van der Waals surface area contributed by atoms with Gasteiger partial charge in [-0.15, -0.1) is 5.10 Å². The van der Waals surface area contributed by atoms with Crippen LogP contribution in [-0.2, 0) is 4.79 Å². The summed E-state index contributed by atoms with van der Waals surface area (Å²) in [6.45, 7) is 1.77. The van der Waals surface area contributed by atoms with Gasteiger partial charge in [-0.05, 0) is 30.2 Å². The minimum Gasteiger partial charge on any atom is -0.505 e. The number of amides is 1. The predicted octanol–water partition coefficient (Wildman–Crippen LogP) is 1.83. The first-order chi connectivity index (χ1) is 14.3. The smallest absolute Gasteiger partial charge is 0.317 e. The minimum atomic E-state index is -0.968. The maximum atomic E-state index is 11.1. The number of hydrogen-bond donors (Lipinski definition) is 4. The molecule has 0 aliphatic heterocycles. The number of nitrogens with two attached hydrogens (primary N) is 2. The number of aromatic hydroxyl groups is 1. The van der Waals surface area contributed by atoms with Gasteiger partial charge in [0.05, 0.1) is 18.8 Å². The summed E-state index contributed by atoms with van der Waals surface area (Å²) >= 11 is 5.94. The molecule has 1 atom stereocenters. The van der Waals surface area contributed by atoms with E-state index in [1.54, 1.807) is 10.9 Å². The summed E-state index contributed by atoms with van der Waals surface area (Å²) in [4.78, 5) is 24.3. The highest BCUT2D eigenvalue weighted by Gasteiger charge is 2.16. The van der Waals surface area contributed by atoms with Crippen molar-refractivity contribution in [2.45, 2.75) is 19.4 Å². The van der Waals surface area contributed by atoms with Crippen LogP contribution in [0, 0.1) is 0 Å². The van der Waals surface area contributed by atoms with E-state index in [4.69, 9.17) is 22.4 Å². The van der Waals surface area contributed by atoms with Crippen LogP contribution >= 0.6 is 11.6 Å². The van der Waals surface area contributed by atoms with Crippen molar-refractivity contribution in [3.63, 3.8) is 0 Å². The highest BCUT2D eigenvalue weighted by Crippen LogP contribution is 2.26. The van der Waals surface area contributed by atoms with Gasteiger partial charge in [-0.2, -0.15) is 0 Å². The molecule has 158 valence electrons. The van der Waals surface area contributed by atoms with Crippen LogP contribution in [0.3, 0.4) is 0 Å². The second-order valence-electron chi connectivity index (χ2n) is 6.11. The van der Waals surface area contributed by atoms with Crippen LogP contribution < -0.4 is 11.5 Å². The summed E-state index contributed by atoms with van der Waals surface area (Å²) in [6, 6.07) is 8.97. The molecular formula is C19H21ClN6O4. The topological polar surface area (TPSA) is 170 Å². The molecule has 0 fully saturated rings.